The summed E-state index contributed by atoms with van der Waals surface area (Å²) in [5.74, 6) is 0. The van der Waals surface area contributed by atoms with E-state index in [-0.39, 0.29) is 12.1 Å². The van der Waals surface area contributed by atoms with Gasteiger partial charge in [-0.15, -0.1) is 0 Å². The highest BCUT2D eigenvalue weighted by molar-refractivity contribution is 5.71. The Hall–Kier alpha value is -1.50. The van der Waals surface area contributed by atoms with Crippen LogP contribution in [0, 0.1) is 0 Å². The van der Waals surface area contributed by atoms with Crippen molar-refractivity contribution in [3.05, 3.63) is 0 Å². The van der Waals surface area contributed by atoms with Crippen molar-refractivity contribution in [1.82, 2.24) is 15.1 Å². The lowest BCUT2D eigenvalue weighted by Crippen LogP contribution is -2.49. The molecule has 0 aromatic heterocycles. The number of ether oxygens (including phenoxy) is 1. The maximum atomic E-state index is 11.4. The highest BCUT2D eigenvalue weighted by atomic mass is 16.5. The summed E-state index contributed by atoms with van der Waals surface area (Å²) >= 11 is 0. The first-order valence-electron chi connectivity index (χ1n) is 6.73. The van der Waals surface area contributed by atoms with Crippen LogP contribution in [0.15, 0.2) is 0 Å². The fourth-order valence-electron chi connectivity index (χ4n) is 2.94. The van der Waals surface area contributed by atoms with E-state index in [1.165, 1.54) is 7.11 Å². The Balaban J connectivity index is 1.76. The molecule has 0 bridgehead atoms. The normalized spacial score (nSPS) is 25.3. The number of piperidine rings is 1. The molecule has 108 valence electrons. The third kappa shape index (κ3) is 3.50. The molecule has 3 N–H and O–H groups in total. The maximum Gasteiger partial charge on any atom is 0.409 e. The molecule has 2 saturated heterocycles. The van der Waals surface area contributed by atoms with E-state index >= 15 is 0 Å². The van der Waals surface area contributed by atoms with E-state index < -0.39 is 6.03 Å². The van der Waals surface area contributed by atoms with Crippen molar-refractivity contribution in [3.8, 4) is 0 Å². The largest absolute Gasteiger partial charge is 0.453 e. The molecular weight excluding hydrogens is 248 g/mol. The van der Waals surface area contributed by atoms with Gasteiger partial charge in [-0.25, -0.2) is 9.59 Å². The molecule has 2 aliphatic heterocycles. The predicted octanol–water partition coefficient (Wildman–Crippen LogP) is -0.0402. The Bertz CT molecular complexity index is 342. The standard InChI is InChI=1S/C12H22N4O3/c1-19-12(18)16-7-4-10(8-16)15-5-2-9(3-6-15)14-11(13)17/h9-10H,2-8H2,1H3,(H3,13,14,17). The minimum absolute atomic E-state index is 0.187. The first-order chi connectivity index (χ1) is 9.10. The predicted molar refractivity (Wildman–Crippen MR) is 69.7 cm³/mol. The number of nitrogens with two attached hydrogens (primary N) is 1. The smallest absolute Gasteiger partial charge is 0.409 e. The van der Waals surface area contributed by atoms with Crippen molar-refractivity contribution in [3.63, 3.8) is 0 Å². The Morgan fingerprint density at radius 1 is 1.21 bits per heavy atom. The van der Waals surface area contributed by atoms with Crippen LogP contribution in [0.3, 0.4) is 0 Å². The summed E-state index contributed by atoms with van der Waals surface area (Å²) in [6, 6.07) is 0.150. The lowest BCUT2D eigenvalue weighted by atomic mass is 10.0. The quantitative estimate of drug-likeness (QED) is 0.737. The maximum absolute atomic E-state index is 11.4. The second-order valence-electron chi connectivity index (χ2n) is 5.18. The molecule has 1 unspecified atom stereocenters. The number of hydrogen-bond acceptors (Lipinski definition) is 4. The van der Waals surface area contributed by atoms with Crippen LogP contribution in [0.5, 0.6) is 0 Å². The molecule has 3 amide bonds. The second-order valence-corrected chi connectivity index (χ2v) is 5.18. The number of nitrogens with one attached hydrogen (secondary N) is 1. The van der Waals surface area contributed by atoms with Gasteiger partial charge in [0.1, 0.15) is 0 Å². The second kappa shape index (κ2) is 6.10. The Labute approximate surface area is 113 Å². The van der Waals surface area contributed by atoms with E-state index in [0.717, 1.165) is 45.4 Å². The fourth-order valence-corrected chi connectivity index (χ4v) is 2.94. The van der Waals surface area contributed by atoms with Gasteiger partial charge in [0.15, 0.2) is 0 Å². The van der Waals surface area contributed by atoms with E-state index in [1.807, 2.05) is 0 Å². The molecule has 19 heavy (non-hydrogen) atoms. The van der Waals surface area contributed by atoms with Crippen LogP contribution in [0.4, 0.5) is 9.59 Å². The summed E-state index contributed by atoms with van der Waals surface area (Å²) in [7, 11) is 1.41. The van der Waals surface area contributed by atoms with Gasteiger partial charge < -0.3 is 20.7 Å². The monoisotopic (exact) mass is 270 g/mol. The van der Waals surface area contributed by atoms with Crippen LogP contribution >= 0.6 is 0 Å². The van der Waals surface area contributed by atoms with Gasteiger partial charge >= 0.3 is 12.1 Å². The number of primary amides is 1. The summed E-state index contributed by atoms with van der Waals surface area (Å²) < 4.78 is 4.74. The van der Waals surface area contributed by atoms with Crippen LogP contribution in [-0.4, -0.2) is 67.3 Å². The Morgan fingerprint density at radius 2 is 1.89 bits per heavy atom. The number of methoxy groups -OCH3 is 1. The first-order valence-corrected chi connectivity index (χ1v) is 6.73. The number of carbonyl (C=O) groups excluding carboxylic acids is 2. The number of urea groups is 1. The molecule has 2 heterocycles. The highest BCUT2D eigenvalue weighted by Gasteiger charge is 2.32. The number of rotatable bonds is 2. The molecule has 7 heteroatoms. The summed E-state index contributed by atoms with van der Waals surface area (Å²) in [6.07, 6.45) is 2.58. The van der Waals surface area contributed by atoms with E-state index in [9.17, 15) is 9.59 Å². The van der Waals surface area contributed by atoms with Gasteiger partial charge in [0.05, 0.1) is 7.11 Å². The summed E-state index contributed by atoms with van der Waals surface area (Å²) in [6.45, 7) is 3.37. The van der Waals surface area contributed by atoms with Gasteiger partial charge in [-0.1, -0.05) is 0 Å². The molecule has 0 aromatic carbocycles. The van der Waals surface area contributed by atoms with E-state index in [2.05, 4.69) is 10.2 Å². The van der Waals surface area contributed by atoms with Gasteiger partial charge in [-0.2, -0.15) is 0 Å². The zero-order chi connectivity index (χ0) is 13.8. The van der Waals surface area contributed by atoms with Gasteiger partial charge in [0.2, 0.25) is 0 Å². The number of likely N-dealkylation sites (tertiary alicyclic amines) is 2. The molecular formula is C12H22N4O3. The topological polar surface area (TPSA) is 87.9 Å². The Morgan fingerprint density at radius 3 is 2.47 bits per heavy atom. The fraction of sp³-hybridized carbons (Fsp3) is 0.833. The molecule has 0 radical (unpaired) electrons. The van der Waals surface area contributed by atoms with E-state index in [0.29, 0.717) is 6.04 Å². The number of carbonyl (C=O) groups is 2. The third-order valence-corrected chi connectivity index (χ3v) is 3.99. The zero-order valence-corrected chi connectivity index (χ0v) is 11.3. The van der Waals surface area contributed by atoms with Gasteiger partial charge in [-0.05, 0) is 19.3 Å². The molecule has 2 fully saturated rings. The number of hydrogen-bond donors (Lipinski definition) is 2. The number of nitrogens with zero attached hydrogens (tertiary/aromatic N) is 2. The van der Waals surface area contributed by atoms with Crippen molar-refractivity contribution in [2.75, 3.05) is 33.3 Å². The molecule has 2 aliphatic rings. The SMILES string of the molecule is COC(=O)N1CCC(N2CCC(NC(N)=O)CC2)C1. The van der Waals surface area contributed by atoms with Crippen LogP contribution in [0.1, 0.15) is 19.3 Å². The number of amides is 3. The zero-order valence-electron chi connectivity index (χ0n) is 11.3. The Kier molecular flexibility index (Phi) is 4.47. The van der Waals surface area contributed by atoms with Gasteiger partial charge in [0.25, 0.3) is 0 Å². The summed E-state index contributed by atoms with van der Waals surface area (Å²) in [5.41, 5.74) is 5.13. The first kappa shape index (κ1) is 13.9. The van der Waals surface area contributed by atoms with Crippen molar-refractivity contribution in [2.45, 2.75) is 31.3 Å². The minimum Gasteiger partial charge on any atom is -0.453 e. The average Bonchev–Trinajstić information content (AvgIpc) is 2.87. The minimum atomic E-state index is -0.448. The lowest BCUT2D eigenvalue weighted by Gasteiger charge is -2.35. The average molecular weight is 270 g/mol. The molecule has 2 rings (SSSR count). The van der Waals surface area contributed by atoms with Crippen molar-refractivity contribution < 1.29 is 14.3 Å². The van der Waals surface area contributed by atoms with Crippen LogP contribution < -0.4 is 11.1 Å². The molecule has 0 saturated carbocycles. The van der Waals surface area contributed by atoms with Gasteiger partial charge in [0, 0.05) is 38.3 Å². The highest BCUT2D eigenvalue weighted by Crippen LogP contribution is 2.20. The van der Waals surface area contributed by atoms with Crippen molar-refractivity contribution >= 4 is 12.1 Å². The van der Waals surface area contributed by atoms with Crippen molar-refractivity contribution in [1.29, 1.82) is 0 Å². The lowest BCUT2D eigenvalue weighted by molar-refractivity contribution is 0.119. The van der Waals surface area contributed by atoms with E-state index in [1.54, 1.807) is 4.90 Å². The molecule has 1 atom stereocenters. The molecule has 0 aromatic rings. The summed E-state index contributed by atoms with van der Waals surface area (Å²) in [4.78, 5) is 26.4. The third-order valence-electron chi connectivity index (χ3n) is 3.99. The van der Waals surface area contributed by atoms with E-state index in [4.69, 9.17) is 10.5 Å². The molecule has 0 spiro atoms. The van der Waals surface area contributed by atoms with Crippen LogP contribution in [0.25, 0.3) is 0 Å². The van der Waals surface area contributed by atoms with Crippen LogP contribution in [-0.2, 0) is 4.74 Å². The van der Waals surface area contributed by atoms with Gasteiger partial charge in [-0.3, -0.25) is 4.90 Å². The molecule has 0 aliphatic carbocycles. The van der Waals surface area contributed by atoms with Crippen LogP contribution in [0.2, 0.25) is 0 Å². The summed E-state index contributed by atoms with van der Waals surface area (Å²) in [5, 5.41) is 2.76. The van der Waals surface area contributed by atoms with Crippen molar-refractivity contribution in [2.24, 2.45) is 5.73 Å². The molecule has 7 nitrogen and oxygen atoms in total.